The van der Waals surface area contributed by atoms with Crippen molar-refractivity contribution in [1.82, 2.24) is 14.7 Å². The first-order valence-corrected chi connectivity index (χ1v) is 8.79. The summed E-state index contributed by atoms with van der Waals surface area (Å²) in [5.41, 5.74) is 0.875. The van der Waals surface area contributed by atoms with Gasteiger partial charge in [-0.3, -0.25) is 0 Å². The maximum atomic E-state index is 12.0. The van der Waals surface area contributed by atoms with Crippen LogP contribution in [0.3, 0.4) is 0 Å². The molecule has 114 valence electrons. The van der Waals surface area contributed by atoms with Crippen molar-refractivity contribution in [3.05, 3.63) is 34.6 Å². The third-order valence-electron chi connectivity index (χ3n) is 2.67. The number of nitrogens with zero attached hydrogens (tertiary/aromatic N) is 2. The van der Waals surface area contributed by atoms with Crippen molar-refractivity contribution >= 4 is 27.2 Å². The van der Waals surface area contributed by atoms with Gasteiger partial charge in [-0.05, 0) is 32.9 Å². The van der Waals surface area contributed by atoms with Crippen LogP contribution in [-0.4, -0.2) is 31.5 Å². The van der Waals surface area contributed by atoms with Gasteiger partial charge in [-0.25, -0.2) is 23.1 Å². The Kier molecular flexibility index (Phi) is 4.92. The number of aromatic nitrogens is 2. The Bertz CT molecular complexity index is 705. The van der Waals surface area contributed by atoms with Crippen LogP contribution in [0.1, 0.15) is 16.4 Å². The SMILES string of the molecule is Cc1cc(NCCNS(=O)(=O)c2ccc(C)s2)nc(C)n1. The standard InChI is InChI=1S/C13H18N4O2S2/c1-9-8-12(17-11(3)16-9)14-6-7-15-21(18,19)13-5-4-10(2)20-13/h4-5,8,15H,6-7H2,1-3H3,(H,14,16,17). The lowest BCUT2D eigenvalue weighted by molar-refractivity contribution is 0.585. The van der Waals surface area contributed by atoms with Gasteiger partial charge < -0.3 is 5.32 Å². The quantitative estimate of drug-likeness (QED) is 0.792. The molecule has 6 nitrogen and oxygen atoms in total. The van der Waals surface area contributed by atoms with Gasteiger partial charge in [0.1, 0.15) is 15.9 Å². The topological polar surface area (TPSA) is 84.0 Å². The van der Waals surface area contributed by atoms with E-state index in [1.807, 2.05) is 26.8 Å². The van der Waals surface area contributed by atoms with E-state index in [-0.39, 0.29) is 0 Å². The Balaban J connectivity index is 1.87. The molecule has 0 aliphatic rings. The van der Waals surface area contributed by atoms with Crippen LogP contribution in [0.25, 0.3) is 0 Å². The molecule has 0 radical (unpaired) electrons. The molecule has 8 heteroatoms. The van der Waals surface area contributed by atoms with E-state index < -0.39 is 10.0 Å². The van der Waals surface area contributed by atoms with Crippen molar-refractivity contribution in [3.63, 3.8) is 0 Å². The fourth-order valence-corrected chi connectivity index (χ4v) is 4.17. The molecule has 0 spiro atoms. The normalized spacial score (nSPS) is 11.6. The summed E-state index contributed by atoms with van der Waals surface area (Å²) in [6, 6.07) is 5.24. The monoisotopic (exact) mass is 326 g/mol. The molecule has 2 aromatic heterocycles. The molecular weight excluding hydrogens is 308 g/mol. The first kappa shape index (κ1) is 15.9. The summed E-state index contributed by atoms with van der Waals surface area (Å²) in [5, 5.41) is 3.08. The van der Waals surface area contributed by atoms with E-state index >= 15 is 0 Å². The zero-order valence-electron chi connectivity index (χ0n) is 12.2. The van der Waals surface area contributed by atoms with Gasteiger partial charge in [-0.2, -0.15) is 0 Å². The number of rotatable bonds is 6. The molecule has 0 atom stereocenters. The van der Waals surface area contributed by atoms with Crippen molar-refractivity contribution < 1.29 is 8.42 Å². The zero-order valence-corrected chi connectivity index (χ0v) is 13.8. The molecule has 0 aliphatic carbocycles. The van der Waals surface area contributed by atoms with Crippen LogP contribution in [0.5, 0.6) is 0 Å². The number of hydrogen-bond donors (Lipinski definition) is 2. The lowest BCUT2D eigenvalue weighted by Gasteiger charge is -2.08. The van der Waals surface area contributed by atoms with Crippen LogP contribution in [0.15, 0.2) is 22.4 Å². The Morgan fingerprint density at radius 1 is 1.14 bits per heavy atom. The zero-order chi connectivity index (χ0) is 15.5. The predicted octanol–water partition coefficient (Wildman–Crippen LogP) is 1.85. The van der Waals surface area contributed by atoms with Gasteiger partial charge >= 0.3 is 0 Å². The molecule has 2 rings (SSSR count). The summed E-state index contributed by atoms with van der Waals surface area (Å²) in [6.45, 7) is 6.34. The predicted molar refractivity (Wildman–Crippen MR) is 84.2 cm³/mol. The van der Waals surface area contributed by atoms with Crippen LogP contribution in [0.2, 0.25) is 0 Å². The third-order valence-corrected chi connectivity index (χ3v) is 5.62. The summed E-state index contributed by atoms with van der Waals surface area (Å²) in [5.74, 6) is 1.39. The summed E-state index contributed by atoms with van der Waals surface area (Å²) in [6.07, 6.45) is 0. The minimum atomic E-state index is -3.41. The van der Waals surface area contributed by atoms with Gasteiger partial charge in [-0.15, -0.1) is 11.3 Å². The summed E-state index contributed by atoms with van der Waals surface area (Å²) < 4.78 is 26.9. The van der Waals surface area contributed by atoms with Crippen LogP contribution >= 0.6 is 11.3 Å². The van der Waals surface area contributed by atoms with Crippen LogP contribution in [-0.2, 0) is 10.0 Å². The number of aryl methyl sites for hydroxylation is 3. The number of thiophene rings is 1. The molecule has 0 saturated heterocycles. The summed E-state index contributed by atoms with van der Waals surface area (Å²) in [4.78, 5) is 9.39. The number of hydrogen-bond acceptors (Lipinski definition) is 6. The van der Waals surface area contributed by atoms with E-state index in [1.54, 1.807) is 12.1 Å². The van der Waals surface area contributed by atoms with E-state index in [2.05, 4.69) is 20.0 Å². The molecule has 0 bridgehead atoms. The first-order valence-electron chi connectivity index (χ1n) is 6.49. The molecule has 0 amide bonds. The summed E-state index contributed by atoms with van der Waals surface area (Å²) >= 11 is 1.26. The largest absolute Gasteiger partial charge is 0.369 e. The van der Waals surface area contributed by atoms with Crippen LogP contribution < -0.4 is 10.0 Å². The van der Waals surface area contributed by atoms with Crippen molar-refractivity contribution in [2.24, 2.45) is 0 Å². The maximum absolute atomic E-state index is 12.0. The number of anilines is 1. The molecule has 0 fully saturated rings. The summed E-state index contributed by atoms with van der Waals surface area (Å²) in [7, 11) is -3.41. The Morgan fingerprint density at radius 3 is 2.52 bits per heavy atom. The van der Waals surface area contributed by atoms with Crippen molar-refractivity contribution in [2.45, 2.75) is 25.0 Å². The fourth-order valence-electron chi connectivity index (χ4n) is 1.81. The van der Waals surface area contributed by atoms with E-state index in [0.717, 1.165) is 10.6 Å². The van der Waals surface area contributed by atoms with E-state index in [0.29, 0.717) is 28.9 Å². The molecule has 21 heavy (non-hydrogen) atoms. The van der Waals surface area contributed by atoms with Gasteiger partial charge in [0.15, 0.2) is 0 Å². The highest BCUT2D eigenvalue weighted by atomic mass is 32.2. The molecule has 0 unspecified atom stereocenters. The first-order chi connectivity index (χ1) is 9.87. The fraction of sp³-hybridized carbons (Fsp3) is 0.385. The molecule has 2 heterocycles. The number of sulfonamides is 1. The minimum Gasteiger partial charge on any atom is -0.369 e. The average Bonchev–Trinajstić information content (AvgIpc) is 2.81. The second kappa shape index (κ2) is 6.50. The third kappa shape index (κ3) is 4.48. The highest BCUT2D eigenvalue weighted by molar-refractivity contribution is 7.91. The minimum absolute atomic E-state index is 0.293. The molecule has 2 aromatic rings. The van der Waals surface area contributed by atoms with Gasteiger partial charge in [0.05, 0.1) is 0 Å². The maximum Gasteiger partial charge on any atom is 0.250 e. The molecule has 0 aliphatic heterocycles. The van der Waals surface area contributed by atoms with E-state index in [1.165, 1.54) is 11.3 Å². The molecular formula is C13H18N4O2S2. The second-order valence-electron chi connectivity index (χ2n) is 4.63. The van der Waals surface area contributed by atoms with E-state index in [4.69, 9.17) is 0 Å². The second-order valence-corrected chi connectivity index (χ2v) is 7.91. The van der Waals surface area contributed by atoms with Crippen LogP contribution in [0.4, 0.5) is 5.82 Å². The molecule has 0 saturated carbocycles. The Hall–Kier alpha value is -1.51. The van der Waals surface area contributed by atoms with Crippen molar-refractivity contribution in [2.75, 3.05) is 18.4 Å². The Morgan fingerprint density at radius 2 is 1.90 bits per heavy atom. The Labute approximate surface area is 128 Å². The van der Waals surface area contributed by atoms with Crippen LogP contribution in [0, 0.1) is 20.8 Å². The van der Waals surface area contributed by atoms with Gasteiger partial charge in [0, 0.05) is 29.7 Å². The average molecular weight is 326 g/mol. The lowest BCUT2D eigenvalue weighted by atomic mass is 10.4. The van der Waals surface area contributed by atoms with Gasteiger partial charge in [0.25, 0.3) is 0 Å². The smallest absolute Gasteiger partial charge is 0.250 e. The molecule has 0 aromatic carbocycles. The van der Waals surface area contributed by atoms with Gasteiger partial charge in [0.2, 0.25) is 10.0 Å². The molecule has 2 N–H and O–H groups in total. The van der Waals surface area contributed by atoms with Gasteiger partial charge in [-0.1, -0.05) is 0 Å². The number of nitrogens with one attached hydrogen (secondary N) is 2. The van der Waals surface area contributed by atoms with Crippen molar-refractivity contribution in [1.29, 1.82) is 0 Å². The highest BCUT2D eigenvalue weighted by Crippen LogP contribution is 2.19. The highest BCUT2D eigenvalue weighted by Gasteiger charge is 2.15. The van der Waals surface area contributed by atoms with E-state index in [9.17, 15) is 8.42 Å². The lowest BCUT2D eigenvalue weighted by Crippen LogP contribution is -2.28. The van der Waals surface area contributed by atoms with Crippen molar-refractivity contribution in [3.8, 4) is 0 Å².